The monoisotopic (exact) mass is 279 g/mol. The van der Waals surface area contributed by atoms with Gasteiger partial charge in [0.25, 0.3) is 0 Å². The van der Waals surface area contributed by atoms with E-state index >= 15 is 0 Å². The van der Waals surface area contributed by atoms with Crippen LogP contribution in [0.2, 0.25) is 0 Å². The second kappa shape index (κ2) is 5.81. The van der Waals surface area contributed by atoms with Crippen LogP contribution in [-0.2, 0) is 13.1 Å². The van der Waals surface area contributed by atoms with Crippen molar-refractivity contribution in [3.63, 3.8) is 0 Å². The summed E-state index contributed by atoms with van der Waals surface area (Å²) in [4.78, 5) is 0. The highest BCUT2D eigenvalue weighted by atomic mass is 15.3. The molecule has 0 aliphatic carbocycles. The predicted molar refractivity (Wildman–Crippen MR) is 80.6 cm³/mol. The van der Waals surface area contributed by atoms with Gasteiger partial charge in [-0.1, -0.05) is 6.07 Å². The van der Waals surface area contributed by atoms with Gasteiger partial charge in [-0.15, -0.1) is 0 Å². The maximum Gasteiger partial charge on any atom is 0.102 e. The van der Waals surface area contributed by atoms with E-state index in [4.69, 9.17) is 0 Å². The van der Waals surface area contributed by atoms with Gasteiger partial charge in [-0.05, 0) is 25.1 Å². The molecule has 0 aliphatic rings. The van der Waals surface area contributed by atoms with Crippen LogP contribution in [0.15, 0.2) is 49.1 Å². The van der Waals surface area contributed by atoms with E-state index in [1.807, 2.05) is 51.9 Å². The number of nitriles is 1. The molecule has 5 nitrogen and oxygen atoms in total. The topological polar surface area (TPSA) is 58.1 Å². The van der Waals surface area contributed by atoms with Crippen LogP contribution in [0.3, 0.4) is 0 Å². The first-order valence-electron chi connectivity index (χ1n) is 6.97. The molecule has 5 heteroatoms. The molecule has 1 atom stereocenters. The summed E-state index contributed by atoms with van der Waals surface area (Å²) in [6.45, 7) is 3.60. The Morgan fingerprint density at radius 3 is 3.00 bits per heavy atom. The molecule has 0 bridgehead atoms. The van der Waals surface area contributed by atoms with E-state index in [0.29, 0.717) is 6.54 Å². The molecule has 106 valence electrons. The van der Waals surface area contributed by atoms with E-state index in [2.05, 4.69) is 23.4 Å². The van der Waals surface area contributed by atoms with Crippen LogP contribution < -0.4 is 5.32 Å². The third-order valence-corrected chi connectivity index (χ3v) is 3.54. The summed E-state index contributed by atoms with van der Waals surface area (Å²) in [5.41, 5.74) is 2.72. The lowest BCUT2D eigenvalue weighted by molar-refractivity contribution is 0.451. The molecule has 3 heterocycles. The first-order valence-corrected chi connectivity index (χ1v) is 6.97. The van der Waals surface area contributed by atoms with E-state index < -0.39 is 0 Å². The number of aromatic nitrogens is 3. The minimum Gasteiger partial charge on any atom is -0.322 e. The second-order valence-electron chi connectivity index (χ2n) is 5.14. The highest BCUT2D eigenvalue weighted by Crippen LogP contribution is 2.17. The number of fused-ring (bicyclic) bond motifs is 1. The summed E-state index contributed by atoms with van der Waals surface area (Å²) in [6, 6.07) is 10.4. The van der Waals surface area contributed by atoms with E-state index in [1.54, 1.807) is 6.20 Å². The van der Waals surface area contributed by atoms with Crippen molar-refractivity contribution in [3.8, 4) is 6.07 Å². The van der Waals surface area contributed by atoms with Crippen LogP contribution in [-0.4, -0.2) is 20.2 Å². The quantitative estimate of drug-likeness (QED) is 0.779. The number of rotatable bonds is 5. The van der Waals surface area contributed by atoms with Crippen molar-refractivity contribution >= 4 is 5.52 Å². The highest BCUT2D eigenvalue weighted by molar-refractivity contribution is 5.65. The molecule has 3 rings (SSSR count). The van der Waals surface area contributed by atoms with Crippen molar-refractivity contribution in [2.24, 2.45) is 0 Å². The Hall–Kier alpha value is -2.58. The number of nitrogens with one attached hydrogen (secondary N) is 1. The normalized spacial score (nSPS) is 12.4. The fourth-order valence-corrected chi connectivity index (χ4v) is 2.48. The van der Waals surface area contributed by atoms with Crippen molar-refractivity contribution in [1.29, 1.82) is 5.26 Å². The van der Waals surface area contributed by atoms with Crippen LogP contribution in [0.4, 0.5) is 0 Å². The lowest BCUT2D eigenvalue weighted by Crippen LogP contribution is -2.30. The lowest BCUT2D eigenvalue weighted by atomic mass is 10.1. The third kappa shape index (κ3) is 2.81. The molecule has 0 aliphatic heterocycles. The van der Waals surface area contributed by atoms with Crippen LogP contribution in [0.1, 0.15) is 18.1 Å². The zero-order valence-electron chi connectivity index (χ0n) is 11.9. The maximum absolute atomic E-state index is 9.37. The molecule has 0 saturated heterocycles. The molecular formula is C16H17N5. The summed E-state index contributed by atoms with van der Waals surface area (Å²) in [5, 5.41) is 17.0. The summed E-state index contributed by atoms with van der Waals surface area (Å²) in [7, 11) is 0. The third-order valence-electron chi connectivity index (χ3n) is 3.54. The minimum atomic E-state index is 0.277. The molecule has 0 radical (unpaired) electrons. The number of nitrogens with zero attached hydrogens (tertiary/aromatic N) is 4. The van der Waals surface area contributed by atoms with Gasteiger partial charge < -0.3 is 9.72 Å². The molecule has 0 fully saturated rings. The Morgan fingerprint density at radius 1 is 1.33 bits per heavy atom. The smallest absolute Gasteiger partial charge is 0.102 e. The Bertz CT molecular complexity index is 764. The molecule has 0 aromatic carbocycles. The lowest BCUT2D eigenvalue weighted by Gasteiger charge is -2.13. The van der Waals surface area contributed by atoms with Gasteiger partial charge in [-0.2, -0.15) is 10.4 Å². The van der Waals surface area contributed by atoms with Gasteiger partial charge >= 0.3 is 0 Å². The van der Waals surface area contributed by atoms with Crippen LogP contribution in [0.5, 0.6) is 0 Å². The van der Waals surface area contributed by atoms with Gasteiger partial charge in [0.2, 0.25) is 0 Å². The van der Waals surface area contributed by atoms with Crippen LogP contribution in [0.25, 0.3) is 5.52 Å². The van der Waals surface area contributed by atoms with E-state index in [1.165, 1.54) is 0 Å². The van der Waals surface area contributed by atoms with Crippen LogP contribution >= 0.6 is 0 Å². The predicted octanol–water partition coefficient (Wildman–Crippen LogP) is 2.19. The van der Waals surface area contributed by atoms with Gasteiger partial charge in [0.15, 0.2) is 0 Å². The van der Waals surface area contributed by atoms with Crippen molar-refractivity contribution in [3.05, 3.63) is 60.2 Å². The van der Waals surface area contributed by atoms with Gasteiger partial charge in [0.1, 0.15) is 6.07 Å². The zero-order chi connectivity index (χ0) is 14.7. The molecule has 3 aromatic heterocycles. The zero-order valence-corrected chi connectivity index (χ0v) is 11.9. The first kappa shape index (κ1) is 13.4. The minimum absolute atomic E-state index is 0.277. The van der Waals surface area contributed by atoms with Crippen molar-refractivity contribution < 1.29 is 0 Å². The standard InChI is InChI=1S/C16H17N5/c1-13(11-21-8-4-6-19-21)18-10-14-12-20-7-3-2-5-16(20)15(14)9-17/h2-8,12-13,18H,10-11H2,1H3. The number of hydrogen-bond donors (Lipinski definition) is 1. The molecular weight excluding hydrogens is 262 g/mol. The second-order valence-corrected chi connectivity index (χ2v) is 5.14. The Kier molecular flexibility index (Phi) is 3.71. The van der Waals surface area contributed by atoms with Gasteiger partial charge in [-0.25, -0.2) is 0 Å². The van der Waals surface area contributed by atoms with Crippen LogP contribution in [0, 0.1) is 11.3 Å². The summed E-state index contributed by atoms with van der Waals surface area (Å²) < 4.78 is 3.90. The number of pyridine rings is 1. The molecule has 0 spiro atoms. The average Bonchev–Trinajstić information content (AvgIpc) is 3.11. The molecule has 1 N–H and O–H groups in total. The van der Waals surface area contributed by atoms with E-state index in [-0.39, 0.29) is 6.04 Å². The fourth-order valence-electron chi connectivity index (χ4n) is 2.48. The summed E-state index contributed by atoms with van der Waals surface area (Å²) >= 11 is 0. The van der Waals surface area contributed by atoms with Crippen molar-refractivity contribution in [2.45, 2.75) is 26.1 Å². The summed E-state index contributed by atoms with van der Waals surface area (Å²) in [5.74, 6) is 0. The van der Waals surface area contributed by atoms with Crippen molar-refractivity contribution in [1.82, 2.24) is 19.5 Å². The van der Waals surface area contributed by atoms with Gasteiger partial charge in [-0.3, -0.25) is 4.68 Å². The SMILES string of the molecule is CC(Cn1cccn1)NCc1cn2ccccc2c1C#N. The Labute approximate surface area is 123 Å². The Morgan fingerprint density at radius 2 is 2.24 bits per heavy atom. The van der Waals surface area contributed by atoms with Gasteiger partial charge in [0, 0.05) is 42.9 Å². The number of hydrogen-bond acceptors (Lipinski definition) is 3. The molecule has 3 aromatic rings. The molecule has 1 unspecified atom stereocenters. The summed E-state index contributed by atoms with van der Waals surface area (Å²) in [6.07, 6.45) is 7.71. The van der Waals surface area contributed by atoms with E-state index in [9.17, 15) is 5.26 Å². The van der Waals surface area contributed by atoms with Crippen molar-refractivity contribution in [2.75, 3.05) is 0 Å². The average molecular weight is 279 g/mol. The fraction of sp³-hybridized carbons (Fsp3) is 0.250. The molecule has 0 amide bonds. The Balaban J connectivity index is 1.72. The molecule has 21 heavy (non-hydrogen) atoms. The molecule has 0 saturated carbocycles. The maximum atomic E-state index is 9.37. The largest absolute Gasteiger partial charge is 0.322 e. The highest BCUT2D eigenvalue weighted by Gasteiger charge is 2.11. The van der Waals surface area contributed by atoms with E-state index in [0.717, 1.165) is 23.2 Å². The first-order chi connectivity index (χ1) is 10.3. The van der Waals surface area contributed by atoms with Gasteiger partial charge in [0.05, 0.1) is 17.6 Å².